The van der Waals surface area contributed by atoms with Gasteiger partial charge in [0, 0.05) is 43.4 Å². The molecule has 3 aliphatic heterocycles. The highest BCUT2D eigenvalue weighted by molar-refractivity contribution is 6.05. The minimum Gasteiger partial charge on any atom is -0.368 e. The van der Waals surface area contributed by atoms with Gasteiger partial charge in [0.15, 0.2) is 0 Å². The summed E-state index contributed by atoms with van der Waals surface area (Å²) in [5.74, 6) is 4.81. The summed E-state index contributed by atoms with van der Waals surface area (Å²) in [5.41, 5.74) is 7.28. The number of hydrogen-bond acceptors (Lipinski definition) is 6. The molecule has 6 rings (SSSR count). The van der Waals surface area contributed by atoms with E-state index in [0.717, 1.165) is 17.5 Å². The molecule has 0 radical (unpaired) electrons. The standard InChI is InChI=1S/C27H26N6O5/c28-26(38)27(8-1-9-27)33-15-19(11-29-33)24(36)31-12-17(13-31)3-2-16-4-5-20-18(10-16)14-32(25(20)37)21-6-7-22(34)30-23(21)35/h4-5,10-11,15,17,21H,1,6-9,12-14H2,(H2,28,38)(H,30,34,35). The summed E-state index contributed by atoms with van der Waals surface area (Å²) in [6.07, 6.45) is 5.78. The number of amides is 5. The van der Waals surface area contributed by atoms with Crippen molar-refractivity contribution in [1.82, 2.24) is 24.9 Å². The van der Waals surface area contributed by atoms with E-state index in [0.29, 0.717) is 50.0 Å². The van der Waals surface area contributed by atoms with Gasteiger partial charge in [-0.3, -0.25) is 34.0 Å². The summed E-state index contributed by atoms with van der Waals surface area (Å²) in [5, 5.41) is 6.55. The second-order valence-electron chi connectivity index (χ2n) is 10.4. The van der Waals surface area contributed by atoms with Crippen molar-refractivity contribution in [2.75, 3.05) is 13.1 Å². The van der Waals surface area contributed by atoms with Crippen LogP contribution in [0.1, 0.15) is 63.9 Å². The second-order valence-corrected chi connectivity index (χ2v) is 10.4. The highest BCUT2D eigenvalue weighted by Crippen LogP contribution is 2.38. The number of rotatable bonds is 4. The molecule has 1 unspecified atom stereocenters. The summed E-state index contributed by atoms with van der Waals surface area (Å²) in [6.45, 7) is 1.28. The van der Waals surface area contributed by atoms with Crippen molar-refractivity contribution in [2.24, 2.45) is 11.7 Å². The molecule has 1 atom stereocenters. The quantitative estimate of drug-likeness (QED) is 0.438. The van der Waals surface area contributed by atoms with E-state index in [4.69, 9.17) is 5.73 Å². The van der Waals surface area contributed by atoms with Crippen molar-refractivity contribution < 1.29 is 24.0 Å². The van der Waals surface area contributed by atoms with Crippen LogP contribution in [0.25, 0.3) is 0 Å². The summed E-state index contributed by atoms with van der Waals surface area (Å²) in [4.78, 5) is 64.5. The lowest BCUT2D eigenvalue weighted by molar-refractivity contribution is -0.137. The average Bonchev–Trinajstić information content (AvgIpc) is 3.42. The van der Waals surface area contributed by atoms with Crippen LogP contribution in [-0.2, 0) is 26.5 Å². The van der Waals surface area contributed by atoms with E-state index in [1.165, 1.54) is 15.8 Å². The minimum absolute atomic E-state index is 0.0208. The van der Waals surface area contributed by atoms with Gasteiger partial charge < -0.3 is 15.5 Å². The van der Waals surface area contributed by atoms with E-state index in [1.807, 2.05) is 6.07 Å². The molecule has 3 N–H and O–H groups in total. The van der Waals surface area contributed by atoms with Crippen LogP contribution in [0.5, 0.6) is 0 Å². The van der Waals surface area contributed by atoms with Crippen molar-refractivity contribution >= 4 is 29.5 Å². The van der Waals surface area contributed by atoms with Gasteiger partial charge in [0.2, 0.25) is 17.7 Å². The Morgan fingerprint density at radius 3 is 2.63 bits per heavy atom. The van der Waals surface area contributed by atoms with Crippen molar-refractivity contribution in [3.63, 3.8) is 0 Å². The van der Waals surface area contributed by atoms with Crippen LogP contribution < -0.4 is 11.1 Å². The van der Waals surface area contributed by atoms with Crippen LogP contribution in [0.15, 0.2) is 30.6 Å². The van der Waals surface area contributed by atoms with E-state index in [9.17, 15) is 24.0 Å². The fraction of sp³-hybridized carbons (Fsp3) is 0.407. The van der Waals surface area contributed by atoms with Crippen molar-refractivity contribution in [3.8, 4) is 11.8 Å². The number of carbonyl (C=O) groups is 5. The number of nitrogens with zero attached hydrogens (tertiary/aromatic N) is 4. The highest BCUT2D eigenvalue weighted by atomic mass is 16.2. The van der Waals surface area contributed by atoms with Crippen molar-refractivity contribution in [3.05, 3.63) is 52.8 Å². The second kappa shape index (κ2) is 8.83. The Labute approximate surface area is 218 Å². The Morgan fingerprint density at radius 2 is 1.95 bits per heavy atom. The van der Waals surface area contributed by atoms with Gasteiger partial charge in [0.1, 0.15) is 11.6 Å². The van der Waals surface area contributed by atoms with Crippen molar-refractivity contribution in [1.29, 1.82) is 0 Å². The fourth-order valence-corrected chi connectivity index (χ4v) is 5.52. The summed E-state index contributed by atoms with van der Waals surface area (Å²) < 4.78 is 1.53. The molecular weight excluding hydrogens is 488 g/mol. The van der Waals surface area contributed by atoms with Gasteiger partial charge in [-0.2, -0.15) is 5.10 Å². The molecule has 11 heteroatoms. The normalized spacial score (nSPS) is 22.1. The van der Waals surface area contributed by atoms with Crippen LogP contribution in [0.2, 0.25) is 0 Å². The van der Waals surface area contributed by atoms with Gasteiger partial charge in [0.25, 0.3) is 11.8 Å². The van der Waals surface area contributed by atoms with Gasteiger partial charge in [-0.15, -0.1) is 0 Å². The first-order valence-corrected chi connectivity index (χ1v) is 12.7. The number of hydrogen-bond donors (Lipinski definition) is 2. The maximum atomic E-state index is 12.8. The SMILES string of the molecule is NC(=O)C1(n2cc(C(=O)N3CC(C#Cc4ccc5c(c4)CN(C4CCC(=O)NC4=O)C5=O)C3)cn2)CCC1. The molecule has 2 aromatic rings. The molecule has 38 heavy (non-hydrogen) atoms. The number of aromatic nitrogens is 2. The molecule has 194 valence electrons. The van der Waals surface area contributed by atoms with Crippen LogP contribution >= 0.6 is 0 Å². The van der Waals surface area contributed by atoms with Crippen LogP contribution in [0.4, 0.5) is 0 Å². The number of piperidine rings is 1. The van der Waals surface area contributed by atoms with E-state index >= 15 is 0 Å². The van der Waals surface area contributed by atoms with Gasteiger partial charge in [-0.25, -0.2) is 0 Å². The van der Waals surface area contributed by atoms with Gasteiger partial charge >= 0.3 is 0 Å². The number of benzene rings is 1. The zero-order chi connectivity index (χ0) is 26.6. The number of likely N-dealkylation sites (tertiary alicyclic amines) is 1. The van der Waals surface area contributed by atoms with Crippen molar-refractivity contribution in [2.45, 2.75) is 50.2 Å². The smallest absolute Gasteiger partial charge is 0.257 e. The molecule has 1 aliphatic carbocycles. The first-order valence-electron chi connectivity index (χ1n) is 12.7. The Balaban J connectivity index is 1.07. The summed E-state index contributed by atoms with van der Waals surface area (Å²) >= 11 is 0. The molecule has 2 saturated heterocycles. The van der Waals surface area contributed by atoms with E-state index in [2.05, 4.69) is 22.3 Å². The molecular formula is C27H26N6O5. The van der Waals surface area contributed by atoms with E-state index in [1.54, 1.807) is 23.2 Å². The third-order valence-corrected chi connectivity index (χ3v) is 8.02. The Morgan fingerprint density at radius 1 is 1.16 bits per heavy atom. The number of nitrogens with two attached hydrogens (primary N) is 1. The molecule has 1 saturated carbocycles. The largest absolute Gasteiger partial charge is 0.368 e. The van der Waals surface area contributed by atoms with E-state index in [-0.39, 0.29) is 30.1 Å². The molecule has 4 heterocycles. The first-order chi connectivity index (χ1) is 18.2. The van der Waals surface area contributed by atoms with Gasteiger partial charge in [0.05, 0.1) is 17.7 Å². The highest BCUT2D eigenvalue weighted by Gasteiger charge is 2.46. The maximum absolute atomic E-state index is 12.8. The Kier molecular flexibility index (Phi) is 5.56. The number of imide groups is 1. The molecule has 1 aromatic carbocycles. The minimum atomic E-state index is -0.819. The maximum Gasteiger partial charge on any atom is 0.257 e. The number of carbonyl (C=O) groups excluding carboxylic acids is 5. The first kappa shape index (κ1) is 23.9. The predicted octanol–water partition coefficient (Wildman–Crippen LogP) is 0.132. The lowest BCUT2D eigenvalue weighted by Gasteiger charge is -2.39. The third kappa shape index (κ3) is 3.84. The molecule has 3 fully saturated rings. The zero-order valence-electron chi connectivity index (χ0n) is 20.6. The van der Waals surface area contributed by atoms with E-state index < -0.39 is 23.4 Å². The Hall–Kier alpha value is -4.46. The van der Waals surface area contributed by atoms with Gasteiger partial charge in [-0.1, -0.05) is 11.8 Å². The molecule has 0 bridgehead atoms. The van der Waals surface area contributed by atoms with Crippen LogP contribution in [0, 0.1) is 17.8 Å². The predicted molar refractivity (Wildman–Crippen MR) is 132 cm³/mol. The zero-order valence-corrected chi connectivity index (χ0v) is 20.6. The fourth-order valence-electron chi connectivity index (χ4n) is 5.52. The number of nitrogens with one attached hydrogen (secondary N) is 1. The van der Waals surface area contributed by atoms with Crippen LogP contribution in [-0.4, -0.2) is 68.2 Å². The average molecular weight is 515 g/mol. The number of fused-ring (bicyclic) bond motifs is 1. The monoisotopic (exact) mass is 514 g/mol. The van der Waals surface area contributed by atoms with Crippen LogP contribution in [0.3, 0.4) is 0 Å². The summed E-state index contributed by atoms with van der Waals surface area (Å²) in [6, 6.07) is 4.71. The Bertz CT molecular complexity index is 1460. The molecule has 11 nitrogen and oxygen atoms in total. The summed E-state index contributed by atoms with van der Waals surface area (Å²) in [7, 11) is 0. The molecule has 4 aliphatic rings. The molecule has 1 aromatic heterocycles. The third-order valence-electron chi connectivity index (χ3n) is 8.02. The van der Waals surface area contributed by atoms with Gasteiger partial charge in [-0.05, 0) is 49.4 Å². The lowest BCUT2D eigenvalue weighted by atomic mass is 9.76. The topological polar surface area (TPSA) is 148 Å². The molecule has 5 amide bonds. The number of primary amides is 1. The molecule has 0 spiro atoms. The lowest BCUT2D eigenvalue weighted by Crippen LogP contribution is -2.52.